The highest BCUT2D eigenvalue weighted by Crippen LogP contribution is 2.25. The summed E-state index contributed by atoms with van der Waals surface area (Å²) in [6, 6.07) is 12.3. The molecule has 0 unspecified atom stereocenters. The Hall–Kier alpha value is -2.70. The third kappa shape index (κ3) is 4.68. The molecular formula is C18H13Cl2FN4O. The van der Waals surface area contributed by atoms with Crippen molar-refractivity contribution in [1.82, 2.24) is 9.97 Å². The van der Waals surface area contributed by atoms with Crippen molar-refractivity contribution in [2.24, 2.45) is 0 Å². The summed E-state index contributed by atoms with van der Waals surface area (Å²) < 4.78 is 12.9. The molecule has 3 rings (SSSR count). The van der Waals surface area contributed by atoms with Crippen LogP contribution in [0.5, 0.6) is 0 Å². The smallest absolute Gasteiger partial charge is 0.274 e. The Bertz CT molecular complexity index is 935. The van der Waals surface area contributed by atoms with Crippen LogP contribution < -0.4 is 10.6 Å². The predicted octanol–water partition coefficient (Wildman–Crippen LogP) is 4.79. The van der Waals surface area contributed by atoms with Gasteiger partial charge in [0.05, 0.1) is 10.7 Å². The lowest BCUT2D eigenvalue weighted by Crippen LogP contribution is -2.15. The normalized spacial score (nSPS) is 10.4. The highest BCUT2D eigenvalue weighted by Gasteiger charge is 2.11. The number of hydrogen-bond acceptors (Lipinski definition) is 4. The molecule has 0 aliphatic rings. The molecule has 1 aromatic heterocycles. The van der Waals surface area contributed by atoms with E-state index in [1.54, 1.807) is 30.3 Å². The number of nitrogens with zero attached hydrogens (tertiary/aromatic N) is 2. The Labute approximate surface area is 159 Å². The first-order valence-electron chi connectivity index (χ1n) is 7.59. The molecule has 1 heterocycles. The number of carbonyl (C=O) groups is 1. The topological polar surface area (TPSA) is 66.9 Å². The Kier molecular flexibility index (Phi) is 5.65. The quantitative estimate of drug-likeness (QED) is 0.657. The van der Waals surface area contributed by atoms with E-state index in [4.69, 9.17) is 23.2 Å². The molecule has 0 spiro atoms. The summed E-state index contributed by atoms with van der Waals surface area (Å²) in [6.07, 6.45) is 1.47. The van der Waals surface area contributed by atoms with Crippen molar-refractivity contribution < 1.29 is 9.18 Å². The first kappa shape index (κ1) is 18.1. The van der Waals surface area contributed by atoms with Crippen LogP contribution in [0.3, 0.4) is 0 Å². The van der Waals surface area contributed by atoms with Gasteiger partial charge in [-0.25, -0.2) is 14.4 Å². The zero-order valence-corrected chi connectivity index (χ0v) is 14.9. The van der Waals surface area contributed by atoms with E-state index >= 15 is 0 Å². The van der Waals surface area contributed by atoms with Crippen LogP contribution in [0.25, 0.3) is 0 Å². The summed E-state index contributed by atoms with van der Waals surface area (Å²) in [7, 11) is 0. The van der Waals surface area contributed by atoms with Crippen molar-refractivity contribution in [2.45, 2.75) is 6.54 Å². The maximum Gasteiger partial charge on any atom is 0.274 e. The molecule has 132 valence electrons. The number of anilines is 2. The van der Waals surface area contributed by atoms with Crippen LogP contribution in [0.2, 0.25) is 10.0 Å². The van der Waals surface area contributed by atoms with E-state index in [-0.39, 0.29) is 17.5 Å². The molecule has 0 radical (unpaired) electrons. The van der Waals surface area contributed by atoms with Crippen molar-refractivity contribution in [1.29, 1.82) is 0 Å². The fourth-order valence-electron chi connectivity index (χ4n) is 2.13. The first-order chi connectivity index (χ1) is 12.5. The van der Waals surface area contributed by atoms with Crippen molar-refractivity contribution in [3.05, 3.63) is 81.8 Å². The Morgan fingerprint density at radius 1 is 1.08 bits per heavy atom. The van der Waals surface area contributed by atoms with E-state index in [1.807, 2.05) is 0 Å². The van der Waals surface area contributed by atoms with Crippen molar-refractivity contribution in [2.75, 3.05) is 10.6 Å². The summed E-state index contributed by atoms with van der Waals surface area (Å²) in [5, 5.41) is 6.47. The standard InChI is InChI=1S/C18H13Cl2FN4O/c19-12-3-6-14(20)16(9-12)24-17(26)15-7-8-22-18(25-15)23-10-11-1-4-13(21)5-2-11/h1-9H,10H2,(H,24,26)(H,22,23,25). The molecule has 5 nitrogen and oxygen atoms in total. The largest absolute Gasteiger partial charge is 0.350 e. The van der Waals surface area contributed by atoms with Gasteiger partial charge in [0.2, 0.25) is 5.95 Å². The van der Waals surface area contributed by atoms with Gasteiger partial charge in [-0.1, -0.05) is 35.3 Å². The first-order valence-corrected chi connectivity index (χ1v) is 8.34. The monoisotopic (exact) mass is 390 g/mol. The van der Waals surface area contributed by atoms with E-state index in [2.05, 4.69) is 20.6 Å². The van der Waals surface area contributed by atoms with Crippen LogP contribution in [0.4, 0.5) is 16.0 Å². The van der Waals surface area contributed by atoms with Crippen LogP contribution in [-0.2, 0) is 6.54 Å². The van der Waals surface area contributed by atoms with Crippen LogP contribution in [0, 0.1) is 5.82 Å². The zero-order valence-electron chi connectivity index (χ0n) is 13.3. The van der Waals surface area contributed by atoms with Gasteiger partial charge in [0.1, 0.15) is 11.5 Å². The van der Waals surface area contributed by atoms with Gasteiger partial charge in [0.15, 0.2) is 0 Å². The lowest BCUT2D eigenvalue weighted by molar-refractivity contribution is 0.102. The van der Waals surface area contributed by atoms with Gasteiger partial charge in [-0.3, -0.25) is 4.79 Å². The third-order valence-corrected chi connectivity index (χ3v) is 3.99. The van der Waals surface area contributed by atoms with Gasteiger partial charge in [-0.15, -0.1) is 0 Å². The van der Waals surface area contributed by atoms with E-state index in [1.165, 1.54) is 24.4 Å². The number of hydrogen-bond donors (Lipinski definition) is 2. The SMILES string of the molecule is O=C(Nc1cc(Cl)ccc1Cl)c1ccnc(NCc2ccc(F)cc2)n1. The molecule has 3 aromatic rings. The summed E-state index contributed by atoms with van der Waals surface area (Å²) in [6.45, 7) is 0.394. The number of nitrogens with one attached hydrogen (secondary N) is 2. The molecular weight excluding hydrogens is 378 g/mol. The van der Waals surface area contributed by atoms with Gasteiger partial charge in [-0.05, 0) is 42.0 Å². The molecule has 2 aromatic carbocycles. The number of halogens is 3. The Balaban J connectivity index is 1.69. The lowest BCUT2D eigenvalue weighted by atomic mass is 10.2. The van der Waals surface area contributed by atoms with E-state index in [0.717, 1.165) is 5.56 Å². The molecule has 26 heavy (non-hydrogen) atoms. The number of carbonyl (C=O) groups excluding carboxylic acids is 1. The Morgan fingerprint density at radius 3 is 2.62 bits per heavy atom. The third-order valence-electron chi connectivity index (χ3n) is 3.43. The molecule has 1 amide bonds. The minimum Gasteiger partial charge on any atom is -0.350 e. The lowest BCUT2D eigenvalue weighted by Gasteiger charge is -2.09. The number of benzene rings is 2. The van der Waals surface area contributed by atoms with Crippen LogP contribution in [0.15, 0.2) is 54.7 Å². The van der Waals surface area contributed by atoms with Gasteiger partial charge in [0, 0.05) is 17.8 Å². The van der Waals surface area contributed by atoms with Gasteiger partial charge < -0.3 is 10.6 Å². The molecule has 0 fully saturated rings. The Morgan fingerprint density at radius 2 is 1.85 bits per heavy atom. The molecule has 0 bridgehead atoms. The van der Waals surface area contributed by atoms with Gasteiger partial charge in [-0.2, -0.15) is 0 Å². The second kappa shape index (κ2) is 8.12. The van der Waals surface area contributed by atoms with Gasteiger partial charge >= 0.3 is 0 Å². The fourth-order valence-corrected chi connectivity index (χ4v) is 2.47. The number of amides is 1. The average Bonchev–Trinajstić information content (AvgIpc) is 2.64. The molecule has 0 saturated heterocycles. The number of aromatic nitrogens is 2. The maximum atomic E-state index is 12.9. The molecule has 8 heteroatoms. The fraction of sp³-hybridized carbons (Fsp3) is 0.0556. The summed E-state index contributed by atoms with van der Waals surface area (Å²) >= 11 is 12.0. The molecule has 2 N–H and O–H groups in total. The van der Waals surface area contributed by atoms with Gasteiger partial charge in [0.25, 0.3) is 5.91 Å². The van der Waals surface area contributed by atoms with Crippen LogP contribution in [0.1, 0.15) is 16.1 Å². The average molecular weight is 391 g/mol. The second-order valence-electron chi connectivity index (χ2n) is 5.32. The molecule has 0 aliphatic carbocycles. The van der Waals surface area contributed by atoms with Crippen molar-refractivity contribution >= 4 is 40.7 Å². The van der Waals surface area contributed by atoms with Crippen LogP contribution in [-0.4, -0.2) is 15.9 Å². The minimum atomic E-state index is -0.443. The van der Waals surface area contributed by atoms with E-state index in [0.29, 0.717) is 22.3 Å². The number of rotatable bonds is 5. The molecule has 0 atom stereocenters. The maximum absolute atomic E-state index is 12.9. The van der Waals surface area contributed by atoms with E-state index < -0.39 is 5.91 Å². The summed E-state index contributed by atoms with van der Waals surface area (Å²) in [4.78, 5) is 20.6. The highest BCUT2D eigenvalue weighted by molar-refractivity contribution is 6.35. The van der Waals surface area contributed by atoms with Crippen molar-refractivity contribution in [3.63, 3.8) is 0 Å². The zero-order chi connectivity index (χ0) is 18.5. The highest BCUT2D eigenvalue weighted by atomic mass is 35.5. The van der Waals surface area contributed by atoms with Crippen molar-refractivity contribution in [3.8, 4) is 0 Å². The summed E-state index contributed by atoms with van der Waals surface area (Å²) in [5.41, 5.74) is 1.41. The van der Waals surface area contributed by atoms with E-state index in [9.17, 15) is 9.18 Å². The second-order valence-corrected chi connectivity index (χ2v) is 6.17. The summed E-state index contributed by atoms with van der Waals surface area (Å²) in [5.74, 6) is -0.469. The molecule has 0 aliphatic heterocycles. The predicted molar refractivity (Wildman–Crippen MR) is 100 cm³/mol. The van der Waals surface area contributed by atoms with Crippen LogP contribution >= 0.6 is 23.2 Å². The minimum absolute atomic E-state index is 0.164. The molecule has 0 saturated carbocycles.